The van der Waals surface area contributed by atoms with Crippen LogP contribution in [0.4, 0.5) is 0 Å². The summed E-state index contributed by atoms with van der Waals surface area (Å²) in [6.07, 6.45) is 3.56. The lowest BCUT2D eigenvalue weighted by Gasteiger charge is -2.32. The number of aromatic amines is 1. The summed E-state index contributed by atoms with van der Waals surface area (Å²) in [5.74, 6) is 0. The van der Waals surface area contributed by atoms with Gasteiger partial charge in [-0.15, -0.1) is 0 Å². The highest BCUT2D eigenvalue weighted by molar-refractivity contribution is 9.10. The predicted octanol–water partition coefficient (Wildman–Crippen LogP) is 4.01. The van der Waals surface area contributed by atoms with Crippen molar-refractivity contribution in [2.75, 3.05) is 0 Å². The Morgan fingerprint density at radius 2 is 1.71 bits per heavy atom. The second kappa shape index (κ2) is 10.1. The molecular weight excluding hydrogens is 509 g/mol. The maximum absolute atomic E-state index is 11.7. The molecule has 0 radical (unpaired) electrons. The van der Waals surface area contributed by atoms with Crippen LogP contribution in [0.5, 0.6) is 0 Å². The zero-order valence-electron chi connectivity index (χ0n) is 20.3. The van der Waals surface area contributed by atoms with Crippen LogP contribution in [-0.4, -0.2) is 38.2 Å². The maximum atomic E-state index is 11.7. The standard InChI is InChI=1S/C13H17BN2O2.C13H12BrNO2/c1-12(2)13(3,4)18-14(17-12)10-6-5-9-8-15-16-11(9)7-10;14-12-5-6-13(17)15(8-12)7-10-3-1-2-4-11(10)9-16/h5-8H,1-4H3,(H,15,16);1-6,8,16H,7,9H2. The minimum atomic E-state index is -0.317. The van der Waals surface area contributed by atoms with Crippen LogP contribution in [0, 0.1) is 0 Å². The summed E-state index contributed by atoms with van der Waals surface area (Å²) in [6, 6.07) is 16.9. The fourth-order valence-electron chi connectivity index (χ4n) is 3.76. The number of nitrogens with zero attached hydrogens (tertiary/aromatic N) is 2. The Labute approximate surface area is 213 Å². The van der Waals surface area contributed by atoms with Crippen molar-refractivity contribution >= 4 is 39.4 Å². The molecule has 0 unspecified atom stereocenters. The molecule has 1 fully saturated rings. The largest absolute Gasteiger partial charge is 0.494 e. The van der Waals surface area contributed by atoms with Gasteiger partial charge in [0, 0.05) is 22.1 Å². The van der Waals surface area contributed by atoms with Crippen molar-refractivity contribution in [3.05, 3.63) is 92.9 Å². The van der Waals surface area contributed by atoms with E-state index >= 15 is 0 Å². The van der Waals surface area contributed by atoms with Crippen molar-refractivity contribution in [3.63, 3.8) is 0 Å². The molecule has 0 amide bonds. The fraction of sp³-hybridized carbons (Fsp3) is 0.308. The average Bonchev–Trinajstić information content (AvgIpc) is 3.37. The van der Waals surface area contributed by atoms with Gasteiger partial charge in [-0.1, -0.05) is 36.4 Å². The first-order chi connectivity index (χ1) is 16.6. The average molecular weight is 538 g/mol. The van der Waals surface area contributed by atoms with Crippen molar-refractivity contribution in [2.45, 2.75) is 52.0 Å². The molecule has 2 aromatic heterocycles. The molecule has 0 saturated carbocycles. The van der Waals surface area contributed by atoms with Gasteiger partial charge in [0.15, 0.2) is 0 Å². The van der Waals surface area contributed by atoms with E-state index in [0.717, 1.165) is 32.0 Å². The van der Waals surface area contributed by atoms with Crippen LogP contribution in [0.15, 0.2) is 76.3 Å². The Balaban J connectivity index is 0.000000165. The van der Waals surface area contributed by atoms with E-state index in [2.05, 4.69) is 53.8 Å². The second-order valence-corrected chi connectivity index (χ2v) is 10.5. The first-order valence-electron chi connectivity index (χ1n) is 11.4. The van der Waals surface area contributed by atoms with Gasteiger partial charge in [0.05, 0.1) is 36.1 Å². The van der Waals surface area contributed by atoms with E-state index in [1.807, 2.05) is 48.7 Å². The number of benzene rings is 2. The molecule has 4 aromatic rings. The molecule has 1 saturated heterocycles. The van der Waals surface area contributed by atoms with Crippen molar-refractivity contribution < 1.29 is 14.4 Å². The fourth-order valence-corrected chi connectivity index (χ4v) is 4.13. The summed E-state index contributed by atoms with van der Waals surface area (Å²) in [5, 5.41) is 17.3. The Bertz CT molecular complexity index is 1370. The molecule has 0 spiro atoms. The molecule has 9 heteroatoms. The van der Waals surface area contributed by atoms with Crippen molar-refractivity contribution in [2.24, 2.45) is 0 Å². The van der Waals surface area contributed by atoms with E-state index < -0.39 is 0 Å². The molecule has 0 aliphatic carbocycles. The number of halogens is 1. The lowest BCUT2D eigenvalue weighted by atomic mass is 9.79. The van der Waals surface area contributed by atoms with Gasteiger partial charge in [-0.2, -0.15) is 5.10 Å². The number of hydrogen-bond acceptors (Lipinski definition) is 5. The predicted molar refractivity (Wildman–Crippen MR) is 142 cm³/mol. The molecule has 1 aliphatic rings. The SMILES string of the molecule is CC1(C)OB(c2ccc3cn[nH]c3c2)OC1(C)C.O=c1ccc(Br)cn1Cc1ccccc1CO. The Morgan fingerprint density at radius 1 is 1.03 bits per heavy atom. The Hall–Kier alpha value is -2.72. The van der Waals surface area contributed by atoms with Gasteiger partial charge in [-0.25, -0.2) is 0 Å². The van der Waals surface area contributed by atoms with Crippen molar-refractivity contribution in [1.29, 1.82) is 0 Å². The van der Waals surface area contributed by atoms with Gasteiger partial charge in [0.1, 0.15) is 0 Å². The van der Waals surface area contributed by atoms with Crippen LogP contribution >= 0.6 is 15.9 Å². The highest BCUT2D eigenvalue weighted by Crippen LogP contribution is 2.36. The summed E-state index contributed by atoms with van der Waals surface area (Å²) in [5.41, 5.74) is 3.16. The topological polar surface area (TPSA) is 89.4 Å². The van der Waals surface area contributed by atoms with E-state index in [0.29, 0.717) is 6.54 Å². The number of aliphatic hydroxyl groups excluding tert-OH is 1. The second-order valence-electron chi connectivity index (χ2n) is 9.55. The molecule has 0 bridgehead atoms. The van der Waals surface area contributed by atoms with Crippen LogP contribution in [0.2, 0.25) is 0 Å². The molecule has 2 N–H and O–H groups in total. The van der Waals surface area contributed by atoms with Crippen LogP contribution in [-0.2, 0) is 22.5 Å². The highest BCUT2D eigenvalue weighted by Gasteiger charge is 2.51. The molecule has 0 atom stereocenters. The van der Waals surface area contributed by atoms with Crippen LogP contribution in [0.3, 0.4) is 0 Å². The number of H-pyrrole nitrogens is 1. The zero-order chi connectivity index (χ0) is 25.2. The number of pyridine rings is 1. The summed E-state index contributed by atoms with van der Waals surface area (Å²) in [7, 11) is -0.317. The molecule has 1 aliphatic heterocycles. The van der Waals surface area contributed by atoms with Crippen molar-refractivity contribution in [1.82, 2.24) is 14.8 Å². The van der Waals surface area contributed by atoms with Gasteiger partial charge in [0.2, 0.25) is 0 Å². The quantitative estimate of drug-likeness (QED) is 0.384. The van der Waals surface area contributed by atoms with E-state index in [-0.39, 0.29) is 30.5 Å². The van der Waals surface area contributed by atoms with Gasteiger partial charge in [-0.3, -0.25) is 9.89 Å². The van der Waals surface area contributed by atoms with E-state index in [1.54, 1.807) is 16.8 Å². The smallest absolute Gasteiger partial charge is 0.399 e. The minimum absolute atomic E-state index is 0.0150. The number of rotatable bonds is 4. The molecule has 3 heterocycles. The molecule has 2 aromatic carbocycles. The molecule has 182 valence electrons. The van der Waals surface area contributed by atoms with Crippen LogP contribution in [0.1, 0.15) is 38.8 Å². The van der Waals surface area contributed by atoms with Crippen LogP contribution in [0.25, 0.3) is 10.9 Å². The molecule has 5 rings (SSSR count). The van der Waals surface area contributed by atoms with Gasteiger partial charge in [-0.05, 0) is 72.3 Å². The molecule has 35 heavy (non-hydrogen) atoms. The Kier molecular flexibility index (Phi) is 7.33. The number of nitrogens with one attached hydrogen (secondary N) is 1. The third-order valence-electron chi connectivity index (χ3n) is 6.57. The van der Waals surface area contributed by atoms with Gasteiger partial charge < -0.3 is 19.0 Å². The zero-order valence-corrected chi connectivity index (χ0v) is 21.9. The maximum Gasteiger partial charge on any atom is 0.494 e. The normalized spacial score (nSPS) is 16.2. The first-order valence-corrected chi connectivity index (χ1v) is 12.2. The summed E-state index contributed by atoms with van der Waals surface area (Å²) < 4.78 is 14.5. The molecule has 7 nitrogen and oxygen atoms in total. The van der Waals surface area contributed by atoms with Gasteiger partial charge in [0.25, 0.3) is 5.56 Å². The van der Waals surface area contributed by atoms with Gasteiger partial charge >= 0.3 is 7.12 Å². The van der Waals surface area contributed by atoms with Crippen molar-refractivity contribution in [3.8, 4) is 0 Å². The Morgan fingerprint density at radius 3 is 2.40 bits per heavy atom. The molecular formula is C26H29BBrN3O4. The minimum Gasteiger partial charge on any atom is -0.399 e. The summed E-state index contributed by atoms with van der Waals surface area (Å²) in [4.78, 5) is 11.7. The first kappa shape index (κ1) is 25.4. The third kappa shape index (κ3) is 5.59. The summed E-state index contributed by atoms with van der Waals surface area (Å²) >= 11 is 3.34. The third-order valence-corrected chi connectivity index (χ3v) is 7.04. The van der Waals surface area contributed by atoms with E-state index in [4.69, 9.17) is 9.31 Å². The number of hydrogen-bond donors (Lipinski definition) is 2. The lowest BCUT2D eigenvalue weighted by Crippen LogP contribution is -2.41. The van der Waals surface area contributed by atoms with E-state index in [9.17, 15) is 9.90 Å². The number of aromatic nitrogens is 3. The number of fused-ring (bicyclic) bond motifs is 1. The van der Waals surface area contributed by atoms with Crippen LogP contribution < -0.4 is 11.0 Å². The monoisotopic (exact) mass is 537 g/mol. The highest BCUT2D eigenvalue weighted by atomic mass is 79.9. The summed E-state index contributed by atoms with van der Waals surface area (Å²) in [6.45, 7) is 8.68. The number of aliphatic hydroxyl groups is 1. The lowest BCUT2D eigenvalue weighted by molar-refractivity contribution is 0.00578. The van der Waals surface area contributed by atoms with E-state index in [1.165, 1.54) is 6.07 Å².